The first-order valence-corrected chi connectivity index (χ1v) is 8.06. The first kappa shape index (κ1) is 13.4. The SMILES string of the molecule is CS(=O)(=O)c1ccc(N2CCC(CCO)C2)cc1. The molecule has 2 rings (SSSR count). The van der Waals surface area contributed by atoms with Crippen molar-refractivity contribution in [3.63, 3.8) is 0 Å². The predicted octanol–water partition coefficient (Wildman–Crippen LogP) is 1.30. The molecule has 0 aromatic heterocycles. The van der Waals surface area contributed by atoms with E-state index in [2.05, 4.69) is 4.90 Å². The Morgan fingerprint density at radius 2 is 2.00 bits per heavy atom. The Morgan fingerprint density at radius 3 is 2.56 bits per heavy atom. The molecule has 18 heavy (non-hydrogen) atoms. The molecule has 0 bridgehead atoms. The molecule has 1 saturated heterocycles. The number of nitrogens with zero attached hydrogens (tertiary/aromatic N) is 1. The van der Waals surface area contributed by atoms with Gasteiger partial charge < -0.3 is 10.0 Å². The van der Waals surface area contributed by atoms with Crippen LogP contribution < -0.4 is 4.90 Å². The standard InChI is InChI=1S/C13H19NO3S/c1-18(16,17)13-4-2-12(3-5-13)14-8-6-11(10-14)7-9-15/h2-5,11,15H,6-10H2,1H3. The van der Waals surface area contributed by atoms with E-state index in [1.165, 1.54) is 6.26 Å². The van der Waals surface area contributed by atoms with Crippen molar-refractivity contribution < 1.29 is 13.5 Å². The maximum Gasteiger partial charge on any atom is 0.175 e. The molecule has 1 aliphatic rings. The first-order chi connectivity index (χ1) is 8.50. The number of aliphatic hydroxyl groups is 1. The highest BCUT2D eigenvalue weighted by Crippen LogP contribution is 2.26. The van der Waals surface area contributed by atoms with Crippen LogP contribution in [-0.4, -0.2) is 39.5 Å². The zero-order valence-corrected chi connectivity index (χ0v) is 11.4. The summed E-state index contributed by atoms with van der Waals surface area (Å²) in [7, 11) is -3.11. The lowest BCUT2D eigenvalue weighted by atomic mass is 10.1. The summed E-state index contributed by atoms with van der Waals surface area (Å²) in [5, 5.41) is 8.92. The molecule has 0 aliphatic carbocycles. The van der Waals surface area contributed by atoms with Crippen molar-refractivity contribution in [3.05, 3.63) is 24.3 Å². The Morgan fingerprint density at radius 1 is 1.33 bits per heavy atom. The Bertz CT molecular complexity index is 495. The Hall–Kier alpha value is -1.07. The molecule has 1 aromatic carbocycles. The van der Waals surface area contributed by atoms with Gasteiger partial charge in [0.05, 0.1) is 4.90 Å². The fraction of sp³-hybridized carbons (Fsp3) is 0.538. The zero-order chi connectivity index (χ0) is 13.2. The Balaban J connectivity index is 2.07. The second-order valence-corrected chi connectivity index (χ2v) is 6.89. The molecule has 1 aliphatic heterocycles. The highest BCUT2D eigenvalue weighted by Gasteiger charge is 2.22. The third-order valence-electron chi connectivity index (χ3n) is 3.45. The van der Waals surface area contributed by atoms with E-state index < -0.39 is 9.84 Å². The lowest BCUT2D eigenvalue weighted by Gasteiger charge is -2.18. The first-order valence-electron chi connectivity index (χ1n) is 6.16. The van der Waals surface area contributed by atoms with Crippen LogP contribution in [0.15, 0.2) is 29.2 Å². The number of rotatable bonds is 4. The van der Waals surface area contributed by atoms with Gasteiger partial charge in [0, 0.05) is 31.6 Å². The lowest BCUT2D eigenvalue weighted by Crippen LogP contribution is -2.19. The molecule has 100 valence electrons. The van der Waals surface area contributed by atoms with Gasteiger partial charge in [0.25, 0.3) is 0 Å². The smallest absolute Gasteiger partial charge is 0.175 e. The van der Waals surface area contributed by atoms with Crippen molar-refractivity contribution in [2.45, 2.75) is 17.7 Å². The van der Waals surface area contributed by atoms with E-state index in [1.54, 1.807) is 12.1 Å². The van der Waals surface area contributed by atoms with Gasteiger partial charge in [0.15, 0.2) is 9.84 Å². The van der Waals surface area contributed by atoms with Gasteiger partial charge >= 0.3 is 0 Å². The van der Waals surface area contributed by atoms with Gasteiger partial charge in [0.2, 0.25) is 0 Å². The summed E-state index contributed by atoms with van der Waals surface area (Å²) in [5.74, 6) is 0.546. The Kier molecular flexibility index (Phi) is 3.92. The molecule has 4 nitrogen and oxygen atoms in total. The average Bonchev–Trinajstić information content (AvgIpc) is 2.77. The van der Waals surface area contributed by atoms with E-state index in [4.69, 9.17) is 5.11 Å². The molecular formula is C13H19NO3S. The van der Waals surface area contributed by atoms with Crippen molar-refractivity contribution in [1.29, 1.82) is 0 Å². The summed E-state index contributed by atoms with van der Waals surface area (Å²) in [6.45, 7) is 2.16. The van der Waals surface area contributed by atoms with Crippen LogP contribution in [0.3, 0.4) is 0 Å². The van der Waals surface area contributed by atoms with Crippen LogP contribution in [0.1, 0.15) is 12.8 Å². The van der Waals surface area contributed by atoms with E-state index in [1.807, 2.05) is 12.1 Å². The molecule has 0 amide bonds. The molecule has 1 unspecified atom stereocenters. The van der Waals surface area contributed by atoms with Crippen molar-refractivity contribution in [1.82, 2.24) is 0 Å². The highest BCUT2D eigenvalue weighted by molar-refractivity contribution is 7.90. The summed E-state index contributed by atoms with van der Waals surface area (Å²) >= 11 is 0. The lowest BCUT2D eigenvalue weighted by molar-refractivity contribution is 0.263. The molecule has 1 fully saturated rings. The molecular weight excluding hydrogens is 250 g/mol. The van der Waals surface area contributed by atoms with Gasteiger partial charge in [0.1, 0.15) is 0 Å². The summed E-state index contributed by atoms with van der Waals surface area (Å²) in [6, 6.07) is 7.03. The van der Waals surface area contributed by atoms with E-state index in [0.29, 0.717) is 10.8 Å². The number of aliphatic hydroxyl groups excluding tert-OH is 1. The topological polar surface area (TPSA) is 57.6 Å². The van der Waals surface area contributed by atoms with E-state index >= 15 is 0 Å². The van der Waals surface area contributed by atoms with Gasteiger partial charge in [-0.3, -0.25) is 0 Å². The van der Waals surface area contributed by atoms with Crippen LogP contribution in [0.5, 0.6) is 0 Å². The Labute approximate surface area is 108 Å². The third-order valence-corrected chi connectivity index (χ3v) is 4.58. The number of anilines is 1. The fourth-order valence-corrected chi connectivity index (χ4v) is 3.02. The van der Waals surface area contributed by atoms with Gasteiger partial charge in [-0.1, -0.05) is 0 Å². The van der Waals surface area contributed by atoms with Crippen LogP contribution in [0, 0.1) is 5.92 Å². The molecule has 1 N–H and O–H groups in total. The number of hydrogen-bond acceptors (Lipinski definition) is 4. The van der Waals surface area contributed by atoms with Gasteiger partial charge in [-0.2, -0.15) is 0 Å². The van der Waals surface area contributed by atoms with Crippen LogP contribution in [-0.2, 0) is 9.84 Å². The van der Waals surface area contributed by atoms with Gasteiger partial charge in [-0.15, -0.1) is 0 Å². The summed E-state index contributed by atoms with van der Waals surface area (Å²) < 4.78 is 22.7. The number of benzene rings is 1. The monoisotopic (exact) mass is 269 g/mol. The van der Waals surface area contributed by atoms with Crippen LogP contribution in [0.4, 0.5) is 5.69 Å². The van der Waals surface area contributed by atoms with Crippen LogP contribution in [0.25, 0.3) is 0 Å². The third kappa shape index (κ3) is 3.03. The highest BCUT2D eigenvalue weighted by atomic mass is 32.2. The molecule has 0 radical (unpaired) electrons. The summed E-state index contributed by atoms with van der Waals surface area (Å²) in [4.78, 5) is 2.60. The molecule has 1 atom stereocenters. The molecule has 0 spiro atoms. The predicted molar refractivity (Wildman–Crippen MR) is 71.6 cm³/mol. The van der Waals surface area contributed by atoms with E-state index in [9.17, 15) is 8.42 Å². The largest absolute Gasteiger partial charge is 0.396 e. The minimum absolute atomic E-state index is 0.242. The number of hydrogen-bond donors (Lipinski definition) is 1. The second kappa shape index (κ2) is 5.28. The van der Waals surface area contributed by atoms with Crippen molar-refractivity contribution in [3.8, 4) is 0 Å². The van der Waals surface area contributed by atoms with Crippen molar-refractivity contribution >= 4 is 15.5 Å². The molecule has 5 heteroatoms. The van der Waals surface area contributed by atoms with Gasteiger partial charge in [-0.05, 0) is 43.0 Å². The maximum atomic E-state index is 11.4. The van der Waals surface area contributed by atoms with Crippen LogP contribution >= 0.6 is 0 Å². The minimum Gasteiger partial charge on any atom is -0.396 e. The summed E-state index contributed by atoms with van der Waals surface area (Å²) in [6.07, 6.45) is 3.15. The second-order valence-electron chi connectivity index (χ2n) is 4.88. The average molecular weight is 269 g/mol. The minimum atomic E-state index is -3.11. The van der Waals surface area contributed by atoms with Crippen molar-refractivity contribution in [2.24, 2.45) is 5.92 Å². The van der Waals surface area contributed by atoms with Crippen molar-refractivity contribution in [2.75, 3.05) is 30.9 Å². The molecule has 0 saturated carbocycles. The zero-order valence-electron chi connectivity index (χ0n) is 10.5. The van der Waals surface area contributed by atoms with E-state index in [-0.39, 0.29) is 6.61 Å². The fourth-order valence-electron chi connectivity index (χ4n) is 2.39. The van der Waals surface area contributed by atoms with Gasteiger partial charge in [-0.25, -0.2) is 8.42 Å². The number of sulfone groups is 1. The quantitative estimate of drug-likeness (QED) is 0.895. The normalized spacial score (nSPS) is 20.3. The van der Waals surface area contributed by atoms with E-state index in [0.717, 1.165) is 31.6 Å². The molecule has 1 aromatic rings. The summed E-state index contributed by atoms with van der Waals surface area (Å²) in [5.41, 5.74) is 1.06. The molecule has 1 heterocycles. The van der Waals surface area contributed by atoms with Crippen LogP contribution in [0.2, 0.25) is 0 Å². The maximum absolute atomic E-state index is 11.4.